The predicted molar refractivity (Wildman–Crippen MR) is 60.3 cm³/mol. The number of aliphatic hydroxyl groups excluding tert-OH is 1. The summed E-state index contributed by atoms with van der Waals surface area (Å²) in [5.41, 5.74) is 0.825. The maximum atomic E-state index is 11.3. The van der Waals surface area contributed by atoms with Gasteiger partial charge >= 0.3 is 0 Å². The number of aliphatic hydroxyl groups is 1. The number of rotatable bonds is 4. The van der Waals surface area contributed by atoms with Gasteiger partial charge in [0.25, 0.3) is 0 Å². The zero-order valence-electron chi connectivity index (χ0n) is 8.55. The summed E-state index contributed by atoms with van der Waals surface area (Å²) in [4.78, 5) is 0.314. The monoisotopic (exact) mass is 226 g/mol. The molecule has 82 valence electrons. The topological polar surface area (TPSA) is 54.4 Å². The number of hydrogen-bond acceptors (Lipinski definition) is 3. The van der Waals surface area contributed by atoms with Gasteiger partial charge in [-0.3, -0.25) is 0 Å². The summed E-state index contributed by atoms with van der Waals surface area (Å²) in [5.74, 6) is 0. The molecule has 0 aliphatic carbocycles. The van der Waals surface area contributed by atoms with Crippen molar-refractivity contribution in [2.75, 3.05) is 12.9 Å². The minimum atomic E-state index is -3.14. The maximum absolute atomic E-state index is 11.3. The van der Waals surface area contributed by atoms with Crippen molar-refractivity contribution in [1.82, 2.24) is 0 Å². The van der Waals surface area contributed by atoms with Crippen molar-refractivity contribution in [3.05, 3.63) is 35.9 Å². The second kappa shape index (κ2) is 5.09. The molecule has 0 aliphatic rings. The van der Waals surface area contributed by atoms with Crippen LogP contribution in [0.5, 0.6) is 0 Å². The first-order chi connectivity index (χ1) is 7.04. The molecular formula is C11H14O3S. The SMILES string of the molecule is CS(=O)(=O)c1cccc(C=CCCO)c1. The fraction of sp³-hybridized carbons (Fsp3) is 0.273. The Balaban J connectivity index is 2.94. The molecule has 15 heavy (non-hydrogen) atoms. The van der Waals surface area contributed by atoms with Gasteiger partial charge in [0.1, 0.15) is 0 Å². The maximum Gasteiger partial charge on any atom is 0.175 e. The van der Waals surface area contributed by atoms with Crippen molar-refractivity contribution in [2.24, 2.45) is 0 Å². The van der Waals surface area contributed by atoms with Crippen molar-refractivity contribution in [3.63, 3.8) is 0 Å². The first-order valence-electron chi connectivity index (χ1n) is 4.61. The Kier molecular flexibility index (Phi) is 4.05. The molecule has 0 aromatic heterocycles. The molecular weight excluding hydrogens is 212 g/mol. The van der Waals surface area contributed by atoms with E-state index in [9.17, 15) is 8.42 Å². The molecule has 1 aromatic carbocycles. The number of sulfone groups is 1. The van der Waals surface area contributed by atoms with Gasteiger partial charge in [0, 0.05) is 12.9 Å². The highest BCUT2D eigenvalue weighted by atomic mass is 32.2. The minimum absolute atomic E-state index is 0.0995. The standard InChI is InChI=1S/C11H14O3S/c1-15(13,14)11-7-4-6-10(9-11)5-2-3-8-12/h2,4-7,9,12H,3,8H2,1H3. The first-order valence-corrected chi connectivity index (χ1v) is 6.50. The lowest BCUT2D eigenvalue weighted by atomic mass is 10.2. The Morgan fingerprint density at radius 3 is 2.73 bits per heavy atom. The third-order valence-electron chi connectivity index (χ3n) is 1.89. The van der Waals surface area contributed by atoms with Gasteiger partial charge in [0.2, 0.25) is 0 Å². The number of hydrogen-bond donors (Lipinski definition) is 1. The third-order valence-corrected chi connectivity index (χ3v) is 3.00. The molecule has 3 nitrogen and oxygen atoms in total. The normalized spacial score (nSPS) is 12.1. The molecule has 0 unspecified atom stereocenters. The van der Waals surface area contributed by atoms with Crippen LogP contribution >= 0.6 is 0 Å². The fourth-order valence-corrected chi connectivity index (χ4v) is 1.82. The van der Waals surface area contributed by atoms with Gasteiger partial charge in [-0.1, -0.05) is 24.3 Å². The summed E-state index contributed by atoms with van der Waals surface area (Å²) in [6.45, 7) is 0.0995. The lowest BCUT2D eigenvalue weighted by Gasteiger charge is -1.99. The fourth-order valence-electron chi connectivity index (χ4n) is 1.14. The highest BCUT2D eigenvalue weighted by Crippen LogP contribution is 2.12. The molecule has 1 aromatic rings. The second-order valence-electron chi connectivity index (χ2n) is 3.26. The first kappa shape index (κ1) is 11.9. The van der Waals surface area contributed by atoms with Gasteiger partial charge in [-0.25, -0.2) is 8.42 Å². The molecule has 0 saturated heterocycles. The van der Waals surface area contributed by atoms with Crippen LogP contribution in [0.25, 0.3) is 6.08 Å². The van der Waals surface area contributed by atoms with Gasteiger partial charge in [-0.2, -0.15) is 0 Å². The second-order valence-corrected chi connectivity index (χ2v) is 5.28. The summed E-state index contributed by atoms with van der Waals surface area (Å²) < 4.78 is 22.5. The van der Waals surface area contributed by atoms with E-state index in [1.807, 2.05) is 6.07 Å². The Morgan fingerprint density at radius 2 is 2.13 bits per heavy atom. The minimum Gasteiger partial charge on any atom is -0.396 e. The number of benzene rings is 1. The van der Waals surface area contributed by atoms with Crippen molar-refractivity contribution >= 4 is 15.9 Å². The van der Waals surface area contributed by atoms with E-state index in [0.29, 0.717) is 11.3 Å². The molecule has 0 atom stereocenters. The third kappa shape index (κ3) is 3.85. The van der Waals surface area contributed by atoms with Crippen LogP contribution in [0.1, 0.15) is 12.0 Å². The Bertz CT molecular complexity index is 447. The van der Waals surface area contributed by atoms with Crippen molar-refractivity contribution in [1.29, 1.82) is 0 Å². The zero-order valence-corrected chi connectivity index (χ0v) is 9.37. The summed E-state index contributed by atoms with van der Waals surface area (Å²) in [6, 6.07) is 6.71. The van der Waals surface area contributed by atoms with Gasteiger partial charge in [0.05, 0.1) is 4.90 Å². The Morgan fingerprint density at radius 1 is 1.40 bits per heavy atom. The smallest absolute Gasteiger partial charge is 0.175 e. The van der Waals surface area contributed by atoms with Crippen LogP contribution in [-0.4, -0.2) is 26.4 Å². The van der Waals surface area contributed by atoms with Crippen LogP contribution in [0.2, 0.25) is 0 Å². The van der Waals surface area contributed by atoms with E-state index in [4.69, 9.17) is 5.11 Å². The molecule has 0 spiro atoms. The van der Waals surface area contributed by atoms with E-state index >= 15 is 0 Å². The Labute approximate surface area is 90.0 Å². The van der Waals surface area contributed by atoms with Crippen LogP contribution < -0.4 is 0 Å². The van der Waals surface area contributed by atoms with Gasteiger partial charge in [-0.15, -0.1) is 0 Å². The van der Waals surface area contributed by atoms with E-state index in [0.717, 1.165) is 5.56 Å². The summed E-state index contributed by atoms with van der Waals surface area (Å²) in [6.07, 6.45) is 5.36. The van der Waals surface area contributed by atoms with Crippen LogP contribution in [0.15, 0.2) is 35.2 Å². The highest BCUT2D eigenvalue weighted by Gasteiger charge is 2.05. The van der Waals surface area contributed by atoms with Crippen LogP contribution in [-0.2, 0) is 9.84 Å². The van der Waals surface area contributed by atoms with E-state index < -0.39 is 9.84 Å². The Hall–Kier alpha value is -1.13. The quantitative estimate of drug-likeness (QED) is 0.846. The lowest BCUT2D eigenvalue weighted by Crippen LogP contribution is -1.96. The molecule has 0 aliphatic heterocycles. The molecule has 0 radical (unpaired) electrons. The average Bonchev–Trinajstić information content (AvgIpc) is 2.17. The van der Waals surface area contributed by atoms with E-state index in [2.05, 4.69) is 0 Å². The molecule has 1 N–H and O–H groups in total. The zero-order chi connectivity index (χ0) is 11.3. The van der Waals surface area contributed by atoms with Crippen LogP contribution in [0.4, 0.5) is 0 Å². The summed E-state index contributed by atoms with van der Waals surface area (Å²) in [5, 5.41) is 8.58. The van der Waals surface area contributed by atoms with Gasteiger partial charge in [-0.05, 0) is 24.1 Å². The lowest BCUT2D eigenvalue weighted by molar-refractivity contribution is 0.303. The molecule has 0 amide bonds. The molecule has 0 fully saturated rings. The van der Waals surface area contributed by atoms with Gasteiger partial charge < -0.3 is 5.11 Å². The summed E-state index contributed by atoms with van der Waals surface area (Å²) >= 11 is 0. The molecule has 0 bridgehead atoms. The summed E-state index contributed by atoms with van der Waals surface area (Å²) in [7, 11) is -3.14. The highest BCUT2D eigenvalue weighted by molar-refractivity contribution is 7.90. The average molecular weight is 226 g/mol. The van der Waals surface area contributed by atoms with Crippen LogP contribution in [0.3, 0.4) is 0 Å². The van der Waals surface area contributed by atoms with Crippen molar-refractivity contribution in [3.8, 4) is 0 Å². The van der Waals surface area contributed by atoms with E-state index in [1.54, 1.807) is 30.4 Å². The van der Waals surface area contributed by atoms with E-state index in [1.165, 1.54) is 6.26 Å². The predicted octanol–water partition coefficient (Wildman–Crippen LogP) is 1.49. The van der Waals surface area contributed by atoms with Gasteiger partial charge in [0.15, 0.2) is 9.84 Å². The van der Waals surface area contributed by atoms with Crippen LogP contribution in [0, 0.1) is 0 Å². The molecule has 4 heteroatoms. The molecule has 0 heterocycles. The largest absolute Gasteiger partial charge is 0.396 e. The van der Waals surface area contributed by atoms with E-state index in [-0.39, 0.29) is 6.61 Å². The molecule has 0 saturated carbocycles. The van der Waals surface area contributed by atoms with Crippen molar-refractivity contribution in [2.45, 2.75) is 11.3 Å². The van der Waals surface area contributed by atoms with Crippen molar-refractivity contribution < 1.29 is 13.5 Å². The molecule has 1 rings (SSSR count).